The largest absolute Gasteiger partial charge is 0.469 e. The van der Waals surface area contributed by atoms with Crippen molar-refractivity contribution in [3.63, 3.8) is 0 Å². The molecule has 0 saturated heterocycles. The van der Waals surface area contributed by atoms with E-state index in [0.29, 0.717) is 12.2 Å². The van der Waals surface area contributed by atoms with Crippen molar-refractivity contribution < 1.29 is 19.1 Å². The number of rotatable bonds is 1. The summed E-state index contributed by atoms with van der Waals surface area (Å²) in [6, 6.07) is 0. The van der Waals surface area contributed by atoms with Crippen LogP contribution in [0.25, 0.3) is 0 Å². The second-order valence-electron chi connectivity index (χ2n) is 15.0. The molecule has 0 bridgehead atoms. The van der Waals surface area contributed by atoms with Crippen LogP contribution in [-0.2, 0) is 19.1 Å². The molecule has 4 heteroatoms. The fourth-order valence-electron chi connectivity index (χ4n) is 10.4. The maximum atomic E-state index is 14.3. The van der Waals surface area contributed by atoms with E-state index in [4.69, 9.17) is 4.74 Å². The lowest BCUT2D eigenvalue weighted by Gasteiger charge is -2.69. The van der Waals surface area contributed by atoms with E-state index >= 15 is 0 Å². The number of hydrogen-bond donors (Lipinski definition) is 0. The van der Waals surface area contributed by atoms with Crippen LogP contribution in [-0.4, -0.2) is 24.6 Å². The van der Waals surface area contributed by atoms with Gasteiger partial charge in [-0.15, -0.1) is 0 Å². The Hall–Kier alpha value is -1.45. The first-order valence-electron chi connectivity index (χ1n) is 14.0. The molecule has 5 aliphatic rings. The average molecular weight is 483 g/mol. The number of fused-ring (bicyclic) bond motifs is 7. The van der Waals surface area contributed by atoms with Gasteiger partial charge >= 0.3 is 5.97 Å². The number of ether oxygens (including phenoxy) is 1. The standard InChI is InChI=1S/C31H46O4/c1-26(2)13-15-31(25(34)35-8)16-14-30(7)24(19(31)18-26)20(32)17-22-28(5)11-10-23(33)27(3,4)21(28)9-12-29(22,30)6/h17,19,21,24H,9-16,18H2,1-8H3. The predicted octanol–water partition coefficient (Wildman–Crippen LogP) is 6.71. The van der Waals surface area contributed by atoms with E-state index in [1.807, 2.05) is 6.08 Å². The predicted molar refractivity (Wildman–Crippen MR) is 136 cm³/mol. The van der Waals surface area contributed by atoms with Crippen LogP contribution in [0, 0.1) is 50.2 Å². The molecule has 4 fully saturated rings. The molecule has 4 saturated carbocycles. The first-order chi connectivity index (χ1) is 16.1. The zero-order valence-electron chi connectivity index (χ0n) is 23.3. The summed E-state index contributed by atoms with van der Waals surface area (Å²) in [5.41, 5.74) is 0.119. The van der Waals surface area contributed by atoms with Gasteiger partial charge in [-0.1, -0.05) is 54.0 Å². The number of ketones is 2. The van der Waals surface area contributed by atoms with Gasteiger partial charge in [0.1, 0.15) is 5.78 Å². The van der Waals surface area contributed by atoms with Crippen LogP contribution in [0.3, 0.4) is 0 Å². The summed E-state index contributed by atoms with van der Waals surface area (Å²) in [6.45, 7) is 16.0. The van der Waals surface area contributed by atoms with Crippen molar-refractivity contribution in [1.29, 1.82) is 0 Å². The van der Waals surface area contributed by atoms with Gasteiger partial charge in [-0.05, 0) is 90.9 Å². The third-order valence-corrected chi connectivity index (χ3v) is 12.7. The molecular formula is C31H46O4. The molecule has 0 aromatic carbocycles. The zero-order valence-corrected chi connectivity index (χ0v) is 23.3. The number of hydrogen-bond acceptors (Lipinski definition) is 4. The van der Waals surface area contributed by atoms with Crippen molar-refractivity contribution in [2.75, 3.05) is 7.11 Å². The van der Waals surface area contributed by atoms with E-state index in [1.165, 1.54) is 12.7 Å². The summed E-state index contributed by atoms with van der Waals surface area (Å²) in [5.74, 6) is 0.648. The Morgan fingerprint density at radius 1 is 0.914 bits per heavy atom. The Morgan fingerprint density at radius 2 is 1.57 bits per heavy atom. The molecule has 35 heavy (non-hydrogen) atoms. The molecule has 0 heterocycles. The van der Waals surface area contributed by atoms with Gasteiger partial charge in [0.25, 0.3) is 0 Å². The number of Topliss-reactive ketones (excluding diaryl/α,β-unsaturated/α-hetero) is 1. The van der Waals surface area contributed by atoms with Crippen molar-refractivity contribution in [3.8, 4) is 0 Å². The minimum Gasteiger partial charge on any atom is -0.469 e. The Labute approximate surface area is 212 Å². The van der Waals surface area contributed by atoms with Crippen molar-refractivity contribution >= 4 is 17.5 Å². The molecule has 7 atom stereocenters. The van der Waals surface area contributed by atoms with E-state index in [-0.39, 0.29) is 56.6 Å². The van der Waals surface area contributed by atoms with E-state index in [9.17, 15) is 14.4 Å². The molecule has 7 unspecified atom stereocenters. The van der Waals surface area contributed by atoms with Crippen LogP contribution < -0.4 is 0 Å². The molecule has 0 aliphatic heterocycles. The first-order valence-corrected chi connectivity index (χ1v) is 14.0. The van der Waals surface area contributed by atoms with E-state index in [1.54, 1.807) is 0 Å². The molecule has 0 spiro atoms. The van der Waals surface area contributed by atoms with Gasteiger partial charge in [0, 0.05) is 17.8 Å². The minimum atomic E-state index is -0.536. The summed E-state index contributed by atoms with van der Waals surface area (Å²) in [6.07, 6.45) is 9.92. The third-order valence-electron chi connectivity index (χ3n) is 12.7. The van der Waals surface area contributed by atoms with E-state index in [0.717, 1.165) is 51.4 Å². The summed E-state index contributed by atoms with van der Waals surface area (Å²) in [5, 5.41) is 0. The van der Waals surface area contributed by atoms with Crippen LogP contribution in [0.2, 0.25) is 0 Å². The van der Waals surface area contributed by atoms with Gasteiger partial charge < -0.3 is 4.74 Å². The van der Waals surface area contributed by atoms with Gasteiger partial charge in [-0.3, -0.25) is 14.4 Å². The fourth-order valence-corrected chi connectivity index (χ4v) is 10.4. The van der Waals surface area contributed by atoms with Gasteiger partial charge in [-0.25, -0.2) is 0 Å². The summed E-state index contributed by atoms with van der Waals surface area (Å²) >= 11 is 0. The maximum Gasteiger partial charge on any atom is 0.312 e. The second-order valence-corrected chi connectivity index (χ2v) is 15.0. The molecule has 0 radical (unpaired) electrons. The molecule has 0 amide bonds. The van der Waals surface area contributed by atoms with Crippen LogP contribution >= 0.6 is 0 Å². The number of methoxy groups -OCH3 is 1. The number of allylic oxidation sites excluding steroid dienone is 2. The maximum absolute atomic E-state index is 14.3. The monoisotopic (exact) mass is 482 g/mol. The van der Waals surface area contributed by atoms with Crippen molar-refractivity contribution in [2.24, 2.45) is 50.2 Å². The Kier molecular flexibility index (Phi) is 5.27. The summed E-state index contributed by atoms with van der Waals surface area (Å²) in [7, 11) is 1.51. The molecular weight excluding hydrogens is 436 g/mol. The van der Waals surface area contributed by atoms with Crippen LogP contribution in [0.4, 0.5) is 0 Å². The van der Waals surface area contributed by atoms with Crippen LogP contribution in [0.15, 0.2) is 11.6 Å². The smallest absolute Gasteiger partial charge is 0.312 e. The van der Waals surface area contributed by atoms with Gasteiger partial charge in [0.05, 0.1) is 12.5 Å². The summed E-state index contributed by atoms with van der Waals surface area (Å²) < 4.78 is 5.42. The number of carbonyl (C=O) groups is 3. The lowest BCUT2D eigenvalue weighted by Crippen LogP contribution is -2.66. The lowest BCUT2D eigenvalue weighted by atomic mass is 9.34. The highest BCUT2D eigenvalue weighted by molar-refractivity contribution is 5.96. The van der Waals surface area contributed by atoms with Crippen LogP contribution in [0.5, 0.6) is 0 Å². The summed E-state index contributed by atoms with van der Waals surface area (Å²) in [4.78, 5) is 40.6. The molecule has 0 N–H and O–H groups in total. The topological polar surface area (TPSA) is 60.4 Å². The molecule has 5 aliphatic carbocycles. The van der Waals surface area contributed by atoms with Crippen molar-refractivity contribution in [3.05, 3.63) is 11.6 Å². The molecule has 0 aromatic rings. The second kappa shape index (κ2) is 7.32. The number of carbonyl (C=O) groups excluding carboxylic acids is 3. The molecule has 194 valence electrons. The van der Waals surface area contributed by atoms with Crippen molar-refractivity contribution in [2.45, 2.75) is 106 Å². The number of esters is 1. The molecule has 4 nitrogen and oxygen atoms in total. The van der Waals surface area contributed by atoms with Gasteiger partial charge in [0.15, 0.2) is 5.78 Å². The highest BCUT2D eigenvalue weighted by Crippen LogP contribution is 2.74. The zero-order chi connectivity index (χ0) is 25.8. The Bertz CT molecular complexity index is 1020. The highest BCUT2D eigenvalue weighted by atomic mass is 16.5. The fraction of sp³-hybridized carbons (Fsp3) is 0.839. The minimum absolute atomic E-state index is 0.0227. The Morgan fingerprint density at radius 3 is 2.23 bits per heavy atom. The Balaban J connectivity index is 1.65. The van der Waals surface area contributed by atoms with E-state index in [2.05, 4.69) is 48.5 Å². The normalized spacial score (nSPS) is 48.0. The molecule has 5 rings (SSSR count). The van der Waals surface area contributed by atoms with Gasteiger partial charge in [-0.2, -0.15) is 0 Å². The molecule has 0 aromatic heterocycles. The third kappa shape index (κ3) is 3.00. The quantitative estimate of drug-likeness (QED) is 0.390. The first kappa shape index (κ1) is 25.2. The van der Waals surface area contributed by atoms with Crippen LogP contribution in [0.1, 0.15) is 106 Å². The highest BCUT2D eigenvalue weighted by Gasteiger charge is 2.71. The van der Waals surface area contributed by atoms with Gasteiger partial charge in [0.2, 0.25) is 0 Å². The SMILES string of the molecule is COC(=O)C12CCC(C)(C)CC1C1C(=O)C=C3C4(C)CCC(=O)C(C)(C)C4CCC3(C)C1(C)CC2. The van der Waals surface area contributed by atoms with Crippen molar-refractivity contribution in [1.82, 2.24) is 0 Å². The average Bonchev–Trinajstić information content (AvgIpc) is 2.77. The lowest BCUT2D eigenvalue weighted by molar-refractivity contribution is -0.192. The van der Waals surface area contributed by atoms with E-state index < -0.39 is 5.41 Å².